The van der Waals surface area contributed by atoms with Crippen molar-refractivity contribution in [3.63, 3.8) is 0 Å². The van der Waals surface area contributed by atoms with Crippen LogP contribution in [-0.4, -0.2) is 31.8 Å². The van der Waals surface area contributed by atoms with Crippen LogP contribution in [-0.2, 0) is 4.74 Å². The maximum absolute atomic E-state index is 5.36. The second-order valence-electron chi connectivity index (χ2n) is 3.38. The molecule has 0 aromatic carbocycles. The molecule has 0 saturated heterocycles. The smallest absolute Gasteiger partial charge is 0.205 e. The highest BCUT2D eigenvalue weighted by Crippen LogP contribution is 1.90. The number of ether oxygens (including phenoxy) is 1. The van der Waals surface area contributed by atoms with E-state index >= 15 is 0 Å². The van der Waals surface area contributed by atoms with E-state index in [0.717, 1.165) is 19.4 Å². The van der Waals surface area contributed by atoms with Gasteiger partial charge in [0.2, 0.25) is 5.96 Å². The van der Waals surface area contributed by atoms with Crippen LogP contribution in [0.25, 0.3) is 0 Å². The van der Waals surface area contributed by atoms with E-state index in [-0.39, 0.29) is 6.10 Å². The number of unbranched alkanes of at least 4 members (excludes halogenated alkanes) is 1. The number of nitrogens with one attached hydrogen (secondary N) is 2. The molecular formula is C10H24N4O. The maximum Gasteiger partial charge on any atom is 0.205 e. The summed E-state index contributed by atoms with van der Waals surface area (Å²) in [5, 5.41) is 3.13. The molecule has 0 aliphatic carbocycles. The molecular weight excluding hydrogens is 192 g/mol. The summed E-state index contributed by atoms with van der Waals surface area (Å²) in [6, 6.07) is 0. The van der Waals surface area contributed by atoms with Gasteiger partial charge in [-0.05, 0) is 20.3 Å². The number of hydrazine groups is 1. The molecule has 0 aliphatic rings. The van der Waals surface area contributed by atoms with Crippen LogP contribution >= 0.6 is 0 Å². The number of guanidine groups is 1. The first-order valence-electron chi connectivity index (χ1n) is 5.61. The zero-order chi connectivity index (χ0) is 11.5. The number of rotatable bonds is 7. The van der Waals surface area contributed by atoms with E-state index < -0.39 is 0 Å². The molecule has 0 heterocycles. The Hall–Kier alpha value is -0.810. The average molecular weight is 216 g/mol. The Labute approximate surface area is 92.4 Å². The average Bonchev–Trinajstić information content (AvgIpc) is 2.23. The third-order valence-electron chi connectivity index (χ3n) is 1.92. The number of aliphatic imine (C=N–C) groups is 1. The topological polar surface area (TPSA) is 71.7 Å². The van der Waals surface area contributed by atoms with Gasteiger partial charge in [-0.1, -0.05) is 13.3 Å². The predicted octanol–water partition coefficient (Wildman–Crippen LogP) is 0.620. The lowest BCUT2D eigenvalue weighted by Crippen LogP contribution is -2.42. The quantitative estimate of drug-likeness (QED) is 0.192. The summed E-state index contributed by atoms with van der Waals surface area (Å²) >= 11 is 0. The van der Waals surface area contributed by atoms with Gasteiger partial charge in [-0.25, -0.2) is 10.8 Å². The second kappa shape index (κ2) is 9.73. The van der Waals surface area contributed by atoms with Gasteiger partial charge >= 0.3 is 0 Å². The van der Waals surface area contributed by atoms with Gasteiger partial charge in [-0.2, -0.15) is 0 Å². The van der Waals surface area contributed by atoms with Crippen molar-refractivity contribution in [1.29, 1.82) is 0 Å². The zero-order valence-electron chi connectivity index (χ0n) is 10.0. The van der Waals surface area contributed by atoms with Crippen LogP contribution in [0.1, 0.15) is 33.6 Å². The molecule has 0 radical (unpaired) electrons. The fourth-order valence-corrected chi connectivity index (χ4v) is 1.09. The van der Waals surface area contributed by atoms with Gasteiger partial charge < -0.3 is 10.1 Å². The Bertz CT molecular complexity index is 173. The van der Waals surface area contributed by atoms with Gasteiger partial charge in [-0.3, -0.25) is 5.43 Å². The van der Waals surface area contributed by atoms with Crippen molar-refractivity contribution in [2.75, 3.05) is 19.7 Å². The van der Waals surface area contributed by atoms with E-state index in [1.807, 2.05) is 13.8 Å². The van der Waals surface area contributed by atoms with E-state index in [2.05, 4.69) is 22.7 Å². The molecule has 1 unspecified atom stereocenters. The third-order valence-corrected chi connectivity index (χ3v) is 1.92. The molecule has 0 aromatic rings. The molecule has 0 amide bonds. The number of hydrogen-bond acceptors (Lipinski definition) is 3. The molecule has 1 atom stereocenters. The van der Waals surface area contributed by atoms with Crippen molar-refractivity contribution in [3.05, 3.63) is 0 Å². The van der Waals surface area contributed by atoms with Crippen molar-refractivity contribution < 1.29 is 4.74 Å². The van der Waals surface area contributed by atoms with Crippen LogP contribution in [0.15, 0.2) is 4.99 Å². The summed E-state index contributed by atoms with van der Waals surface area (Å²) in [4.78, 5) is 4.28. The molecule has 5 heteroatoms. The van der Waals surface area contributed by atoms with Crippen LogP contribution in [0.5, 0.6) is 0 Å². The second-order valence-corrected chi connectivity index (χ2v) is 3.38. The summed E-state index contributed by atoms with van der Waals surface area (Å²) in [7, 11) is 0. The lowest BCUT2D eigenvalue weighted by atomic mass is 10.3. The van der Waals surface area contributed by atoms with Gasteiger partial charge in [0.05, 0.1) is 12.6 Å². The SMILES string of the molecule is CCCCNC(=NCC(C)OCC)NN. The molecule has 5 nitrogen and oxygen atoms in total. The van der Waals surface area contributed by atoms with E-state index in [4.69, 9.17) is 10.6 Å². The minimum absolute atomic E-state index is 0.131. The van der Waals surface area contributed by atoms with E-state index in [1.165, 1.54) is 0 Å². The lowest BCUT2D eigenvalue weighted by Gasteiger charge is -2.11. The first-order chi connectivity index (χ1) is 7.24. The predicted molar refractivity (Wildman–Crippen MR) is 63.6 cm³/mol. The summed E-state index contributed by atoms with van der Waals surface area (Å²) in [5.74, 6) is 5.97. The summed E-state index contributed by atoms with van der Waals surface area (Å²) < 4.78 is 5.36. The Morgan fingerprint density at radius 1 is 1.47 bits per heavy atom. The van der Waals surface area contributed by atoms with Crippen LogP contribution in [0, 0.1) is 0 Å². The van der Waals surface area contributed by atoms with Crippen molar-refractivity contribution in [2.24, 2.45) is 10.8 Å². The van der Waals surface area contributed by atoms with E-state index in [1.54, 1.807) is 0 Å². The summed E-state index contributed by atoms with van der Waals surface area (Å²) in [6.07, 6.45) is 2.40. The van der Waals surface area contributed by atoms with Crippen LogP contribution in [0.4, 0.5) is 0 Å². The van der Waals surface area contributed by atoms with Gasteiger partial charge in [-0.15, -0.1) is 0 Å². The highest BCUT2D eigenvalue weighted by Gasteiger charge is 2.00. The number of hydrogen-bond donors (Lipinski definition) is 3. The normalized spacial score (nSPS) is 13.7. The molecule has 0 fully saturated rings. The monoisotopic (exact) mass is 216 g/mol. The Morgan fingerprint density at radius 2 is 2.20 bits per heavy atom. The van der Waals surface area contributed by atoms with Crippen molar-refractivity contribution in [1.82, 2.24) is 10.7 Å². The van der Waals surface area contributed by atoms with Crippen molar-refractivity contribution in [2.45, 2.75) is 39.7 Å². The Balaban J connectivity index is 3.77. The zero-order valence-corrected chi connectivity index (χ0v) is 10.0. The maximum atomic E-state index is 5.36. The minimum Gasteiger partial charge on any atom is -0.377 e. The largest absolute Gasteiger partial charge is 0.377 e. The van der Waals surface area contributed by atoms with Gasteiger partial charge in [0, 0.05) is 13.2 Å². The molecule has 0 rings (SSSR count). The van der Waals surface area contributed by atoms with Gasteiger partial charge in [0.15, 0.2) is 0 Å². The fraction of sp³-hybridized carbons (Fsp3) is 0.900. The lowest BCUT2D eigenvalue weighted by molar-refractivity contribution is 0.0828. The molecule has 0 bridgehead atoms. The Kier molecular flexibility index (Phi) is 9.21. The first kappa shape index (κ1) is 14.2. The highest BCUT2D eigenvalue weighted by molar-refractivity contribution is 5.79. The van der Waals surface area contributed by atoms with Crippen molar-refractivity contribution >= 4 is 5.96 Å². The van der Waals surface area contributed by atoms with Gasteiger partial charge in [0.25, 0.3) is 0 Å². The summed E-state index contributed by atoms with van der Waals surface area (Å²) in [6.45, 7) is 8.33. The molecule has 0 aromatic heterocycles. The summed E-state index contributed by atoms with van der Waals surface area (Å²) in [5.41, 5.74) is 2.54. The Morgan fingerprint density at radius 3 is 2.73 bits per heavy atom. The van der Waals surface area contributed by atoms with E-state index in [0.29, 0.717) is 19.1 Å². The molecule has 0 aliphatic heterocycles. The standard InChI is InChI=1S/C10H24N4O/c1-4-6-7-12-10(14-11)13-8-9(3)15-5-2/h9H,4-8,11H2,1-3H3,(H2,12,13,14). The van der Waals surface area contributed by atoms with E-state index in [9.17, 15) is 0 Å². The first-order valence-corrected chi connectivity index (χ1v) is 5.61. The molecule has 0 spiro atoms. The number of nitrogens with two attached hydrogens (primary N) is 1. The van der Waals surface area contributed by atoms with Crippen molar-refractivity contribution in [3.8, 4) is 0 Å². The van der Waals surface area contributed by atoms with Crippen LogP contribution in [0.2, 0.25) is 0 Å². The van der Waals surface area contributed by atoms with Crippen LogP contribution in [0.3, 0.4) is 0 Å². The molecule has 4 N–H and O–H groups in total. The minimum atomic E-state index is 0.131. The highest BCUT2D eigenvalue weighted by atomic mass is 16.5. The van der Waals surface area contributed by atoms with Crippen LogP contribution < -0.4 is 16.6 Å². The molecule has 0 saturated carbocycles. The molecule has 15 heavy (non-hydrogen) atoms. The molecule has 90 valence electrons. The fourth-order valence-electron chi connectivity index (χ4n) is 1.09. The third kappa shape index (κ3) is 8.20. The number of nitrogens with zero attached hydrogens (tertiary/aromatic N) is 1. The van der Waals surface area contributed by atoms with Gasteiger partial charge in [0.1, 0.15) is 0 Å².